The number of halogens is 2. The Hall–Kier alpha value is -3.87. The quantitative estimate of drug-likeness (QED) is 0.405. The molecular weight excluding hydrogens is 374 g/mol. The Labute approximate surface area is 165 Å². The first-order valence-electron chi connectivity index (χ1n) is 8.77. The van der Waals surface area contributed by atoms with Gasteiger partial charge in [-0.25, -0.2) is 14.4 Å². The molecule has 4 aromatic rings. The molecule has 1 N–H and O–H groups in total. The molecule has 0 atom stereocenters. The summed E-state index contributed by atoms with van der Waals surface area (Å²) < 4.78 is 27.8. The Balaban J connectivity index is 1.82. The molecular formula is C22H16F2N4O. The number of amides is 1. The van der Waals surface area contributed by atoms with E-state index in [1.165, 1.54) is 30.3 Å². The van der Waals surface area contributed by atoms with E-state index < -0.39 is 17.7 Å². The number of aromatic nitrogens is 3. The average molecular weight is 390 g/mol. The minimum absolute atomic E-state index is 0.137. The van der Waals surface area contributed by atoms with Crippen LogP contribution in [0.1, 0.15) is 0 Å². The van der Waals surface area contributed by atoms with Crippen LogP contribution in [-0.4, -0.2) is 27.9 Å². The monoisotopic (exact) mass is 390 g/mol. The second-order valence-electron chi connectivity index (χ2n) is 6.46. The van der Waals surface area contributed by atoms with Gasteiger partial charge in [-0.2, -0.15) is 4.39 Å². The second kappa shape index (κ2) is 7.27. The molecule has 0 bridgehead atoms. The van der Waals surface area contributed by atoms with Gasteiger partial charge in [0.05, 0.1) is 5.69 Å². The Kier molecular flexibility index (Phi) is 4.64. The molecule has 5 nitrogen and oxygen atoms in total. The zero-order chi connectivity index (χ0) is 20.5. The lowest BCUT2D eigenvalue weighted by molar-refractivity contribution is -0.113. The van der Waals surface area contributed by atoms with Crippen molar-refractivity contribution in [3.63, 3.8) is 0 Å². The molecule has 3 heterocycles. The minimum Gasteiger partial charge on any atom is -0.346 e. The molecule has 0 spiro atoms. The minimum atomic E-state index is -0.570. The number of carbonyl (C=O) groups excluding carboxylic acids is 1. The maximum Gasteiger partial charge on any atom is 0.250 e. The molecule has 7 heteroatoms. The van der Waals surface area contributed by atoms with E-state index in [-0.39, 0.29) is 5.69 Å². The summed E-state index contributed by atoms with van der Waals surface area (Å²) in [6.45, 7) is 3.43. The lowest BCUT2D eigenvalue weighted by Crippen LogP contribution is -2.24. The fraction of sp³-hybridized carbons (Fsp3) is 0.0455. The average Bonchev–Trinajstić information content (AvgIpc) is 3.16. The van der Waals surface area contributed by atoms with Gasteiger partial charge in [-0.15, -0.1) is 0 Å². The molecule has 0 fully saturated rings. The van der Waals surface area contributed by atoms with Gasteiger partial charge in [-0.05, 0) is 41.5 Å². The molecule has 0 saturated carbocycles. The zero-order valence-corrected chi connectivity index (χ0v) is 15.5. The van der Waals surface area contributed by atoms with Crippen molar-refractivity contribution in [2.45, 2.75) is 0 Å². The number of nitrogens with one attached hydrogen (secondary N) is 1. The number of hydrogen-bond acceptors (Lipinski definition) is 3. The summed E-state index contributed by atoms with van der Waals surface area (Å²) >= 11 is 0. The maximum atomic E-state index is 14.3. The van der Waals surface area contributed by atoms with Crippen molar-refractivity contribution in [3.8, 4) is 22.3 Å². The first kappa shape index (κ1) is 18.5. The van der Waals surface area contributed by atoms with Crippen molar-refractivity contribution in [1.82, 2.24) is 15.0 Å². The van der Waals surface area contributed by atoms with Crippen molar-refractivity contribution in [2.75, 3.05) is 11.9 Å². The number of likely N-dealkylation sites (N-methyl/N-ethyl adjacent to an activating group) is 1. The number of pyridine rings is 2. The summed E-state index contributed by atoms with van der Waals surface area (Å²) in [4.78, 5) is 24.1. The molecule has 0 radical (unpaired) electrons. The predicted molar refractivity (Wildman–Crippen MR) is 108 cm³/mol. The maximum absolute atomic E-state index is 14.3. The Morgan fingerprint density at radius 1 is 1.10 bits per heavy atom. The van der Waals surface area contributed by atoms with Gasteiger partial charge < -0.3 is 9.88 Å². The van der Waals surface area contributed by atoms with E-state index in [1.54, 1.807) is 30.6 Å². The first-order valence-corrected chi connectivity index (χ1v) is 8.77. The van der Waals surface area contributed by atoms with Crippen molar-refractivity contribution < 1.29 is 13.6 Å². The summed E-state index contributed by atoms with van der Waals surface area (Å²) in [6, 6.07) is 9.45. The number of fused-ring (bicyclic) bond motifs is 1. The van der Waals surface area contributed by atoms with Gasteiger partial charge >= 0.3 is 0 Å². The highest BCUT2D eigenvalue weighted by atomic mass is 19.1. The van der Waals surface area contributed by atoms with Crippen molar-refractivity contribution in [1.29, 1.82) is 0 Å². The van der Waals surface area contributed by atoms with Crippen LogP contribution in [0, 0.1) is 11.8 Å². The number of benzene rings is 1. The number of rotatable bonds is 4. The number of carbonyl (C=O) groups is 1. The number of H-pyrrole nitrogens is 1. The van der Waals surface area contributed by atoms with Gasteiger partial charge in [-0.3, -0.25) is 4.79 Å². The molecule has 1 aromatic carbocycles. The Morgan fingerprint density at radius 2 is 1.93 bits per heavy atom. The largest absolute Gasteiger partial charge is 0.346 e. The number of hydrogen-bond donors (Lipinski definition) is 1. The van der Waals surface area contributed by atoms with E-state index in [9.17, 15) is 13.6 Å². The molecule has 0 aliphatic carbocycles. The van der Waals surface area contributed by atoms with E-state index in [1.807, 2.05) is 6.07 Å². The molecule has 3 aromatic heterocycles. The van der Waals surface area contributed by atoms with Crippen LogP contribution in [0.2, 0.25) is 0 Å². The summed E-state index contributed by atoms with van der Waals surface area (Å²) in [5.74, 6) is -1.50. The van der Waals surface area contributed by atoms with Crippen molar-refractivity contribution in [2.24, 2.45) is 0 Å². The van der Waals surface area contributed by atoms with Crippen LogP contribution in [0.25, 0.3) is 33.3 Å². The summed E-state index contributed by atoms with van der Waals surface area (Å²) in [6.07, 6.45) is 5.93. The molecule has 0 unspecified atom stereocenters. The Morgan fingerprint density at radius 3 is 2.69 bits per heavy atom. The van der Waals surface area contributed by atoms with Crippen LogP contribution < -0.4 is 4.90 Å². The van der Waals surface area contributed by atoms with E-state index in [0.29, 0.717) is 16.8 Å². The third-order valence-corrected chi connectivity index (χ3v) is 4.71. The molecule has 0 saturated heterocycles. The van der Waals surface area contributed by atoms with E-state index in [0.717, 1.165) is 22.6 Å². The van der Waals surface area contributed by atoms with Crippen LogP contribution in [0.15, 0.2) is 67.6 Å². The standard InChI is InChI=1S/C22H16F2N4O/c1-3-21(29)28(2)19-9-13(4-5-18(19)23)15-8-16-17(12-27-22(16)26-11-15)14-6-7-25-20(24)10-14/h3-12H,1H2,2H3,(H,26,27). The normalized spacial score (nSPS) is 10.9. The highest BCUT2D eigenvalue weighted by Crippen LogP contribution is 2.32. The van der Waals surface area contributed by atoms with E-state index >= 15 is 0 Å². The van der Waals surface area contributed by atoms with E-state index in [2.05, 4.69) is 21.5 Å². The highest BCUT2D eigenvalue weighted by Gasteiger charge is 2.15. The molecule has 4 rings (SSSR count). The third-order valence-electron chi connectivity index (χ3n) is 4.71. The van der Waals surface area contributed by atoms with Gasteiger partial charge in [0.15, 0.2) is 0 Å². The summed E-state index contributed by atoms with van der Waals surface area (Å²) in [5.41, 5.74) is 3.64. The lowest BCUT2D eigenvalue weighted by Gasteiger charge is -2.17. The van der Waals surface area contributed by atoms with Crippen molar-refractivity contribution in [3.05, 3.63) is 79.4 Å². The molecule has 1 amide bonds. The summed E-state index contributed by atoms with van der Waals surface area (Å²) in [7, 11) is 1.48. The topological polar surface area (TPSA) is 61.9 Å². The summed E-state index contributed by atoms with van der Waals surface area (Å²) in [5, 5.41) is 0.787. The number of anilines is 1. The molecule has 29 heavy (non-hydrogen) atoms. The SMILES string of the molecule is C=CC(=O)N(C)c1cc(-c2cnc3[nH]cc(-c4ccnc(F)c4)c3c2)ccc1F. The Bertz CT molecular complexity index is 1250. The van der Waals surface area contributed by atoms with Crippen LogP contribution in [0.4, 0.5) is 14.5 Å². The van der Waals surface area contributed by atoms with Crippen LogP contribution >= 0.6 is 0 Å². The number of nitrogens with zero attached hydrogens (tertiary/aromatic N) is 3. The molecule has 0 aliphatic rings. The van der Waals surface area contributed by atoms with Crippen molar-refractivity contribution >= 4 is 22.6 Å². The van der Waals surface area contributed by atoms with Gasteiger partial charge in [-0.1, -0.05) is 12.6 Å². The third kappa shape index (κ3) is 3.38. The van der Waals surface area contributed by atoms with Gasteiger partial charge in [0, 0.05) is 48.2 Å². The smallest absolute Gasteiger partial charge is 0.250 e. The second-order valence-corrected chi connectivity index (χ2v) is 6.46. The van der Waals surface area contributed by atoms with Crippen LogP contribution in [-0.2, 0) is 4.79 Å². The predicted octanol–water partition coefficient (Wildman–Crippen LogP) is 4.72. The molecule has 0 aliphatic heterocycles. The van der Waals surface area contributed by atoms with Gasteiger partial charge in [0.25, 0.3) is 0 Å². The number of aromatic amines is 1. The van der Waals surface area contributed by atoms with E-state index in [4.69, 9.17) is 0 Å². The molecule has 144 valence electrons. The van der Waals surface area contributed by atoms with Gasteiger partial charge in [0.1, 0.15) is 11.5 Å². The van der Waals surface area contributed by atoms with Crippen LogP contribution in [0.5, 0.6) is 0 Å². The zero-order valence-electron chi connectivity index (χ0n) is 15.5. The highest BCUT2D eigenvalue weighted by molar-refractivity contribution is 6.01. The van der Waals surface area contributed by atoms with Gasteiger partial charge in [0.2, 0.25) is 11.9 Å². The fourth-order valence-electron chi connectivity index (χ4n) is 3.17. The van der Waals surface area contributed by atoms with Crippen LogP contribution in [0.3, 0.4) is 0 Å². The first-order chi connectivity index (χ1) is 14.0. The fourth-order valence-corrected chi connectivity index (χ4v) is 3.17. The lowest BCUT2D eigenvalue weighted by atomic mass is 10.0.